The van der Waals surface area contributed by atoms with Crippen LogP contribution in [0.4, 0.5) is 0 Å². The highest BCUT2D eigenvalue weighted by Gasteiger charge is 2.09. The standard InChI is InChI=1S/C11H17N3O2/c1-8(5-9(2)15)6-12-11(16)10-3-4-13-14-7-10/h3-4,7-9,15H,5-6H2,1-2H3,(H,12,16). The molecule has 2 unspecified atom stereocenters. The van der Waals surface area contributed by atoms with Gasteiger partial charge in [-0.25, -0.2) is 0 Å². The van der Waals surface area contributed by atoms with Crippen molar-refractivity contribution in [1.29, 1.82) is 0 Å². The van der Waals surface area contributed by atoms with Crippen molar-refractivity contribution >= 4 is 5.91 Å². The maximum Gasteiger partial charge on any atom is 0.252 e. The van der Waals surface area contributed by atoms with E-state index in [-0.39, 0.29) is 17.9 Å². The van der Waals surface area contributed by atoms with Crippen LogP contribution in [0.1, 0.15) is 30.6 Å². The molecule has 1 rings (SSSR count). The van der Waals surface area contributed by atoms with Gasteiger partial charge in [0.1, 0.15) is 0 Å². The average molecular weight is 223 g/mol. The highest BCUT2D eigenvalue weighted by molar-refractivity contribution is 5.93. The fourth-order valence-corrected chi connectivity index (χ4v) is 1.46. The number of hydrogen-bond acceptors (Lipinski definition) is 4. The smallest absolute Gasteiger partial charge is 0.252 e. The molecule has 0 radical (unpaired) electrons. The number of rotatable bonds is 5. The van der Waals surface area contributed by atoms with E-state index in [0.29, 0.717) is 18.5 Å². The Kier molecular flexibility index (Phi) is 4.85. The molecule has 0 aromatic carbocycles. The zero-order valence-corrected chi connectivity index (χ0v) is 9.55. The van der Waals surface area contributed by atoms with Crippen molar-refractivity contribution in [3.05, 3.63) is 24.0 Å². The zero-order chi connectivity index (χ0) is 12.0. The highest BCUT2D eigenvalue weighted by Crippen LogP contribution is 2.04. The molecule has 2 N–H and O–H groups in total. The Morgan fingerprint density at radius 3 is 2.81 bits per heavy atom. The molecule has 1 amide bonds. The molecule has 1 aromatic rings. The fraction of sp³-hybridized carbons (Fsp3) is 0.545. The summed E-state index contributed by atoms with van der Waals surface area (Å²) in [7, 11) is 0. The second kappa shape index (κ2) is 6.17. The Bertz CT molecular complexity index is 327. The second-order valence-corrected chi connectivity index (χ2v) is 4.03. The summed E-state index contributed by atoms with van der Waals surface area (Å²) in [5, 5.41) is 19.2. The van der Waals surface area contributed by atoms with E-state index in [4.69, 9.17) is 0 Å². The lowest BCUT2D eigenvalue weighted by Crippen LogP contribution is -2.29. The minimum absolute atomic E-state index is 0.160. The molecule has 0 aliphatic carbocycles. The molecule has 0 aliphatic heterocycles. The number of aliphatic hydroxyl groups is 1. The van der Waals surface area contributed by atoms with Gasteiger partial charge in [-0.2, -0.15) is 10.2 Å². The summed E-state index contributed by atoms with van der Waals surface area (Å²) in [5.74, 6) is 0.0890. The van der Waals surface area contributed by atoms with Gasteiger partial charge in [-0.3, -0.25) is 4.79 Å². The van der Waals surface area contributed by atoms with Crippen molar-refractivity contribution in [2.24, 2.45) is 5.92 Å². The van der Waals surface area contributed by atoms with Crippen LogP contribution in [0.5, 0.6) is 0 Å². The van der Waals surface area contributed by atoms with E-state index in [9.17, 15) is 9.90 Å². The van der Waals surface area contributed by atoms with Gasteiger partial charge in [0.15, 0.2) is 0 Å². The Morgan fingerprint density at radius 1 is 1.50 bits per heavy atom. The number of nitrogens with one attached hydrogen (secondary N) is 1. The first-order chi connectivity index (χ1) is 7.59. The van der Waals surface area contributed by atoms with E-state index in [1.54, 1.807) is 13.0 Å². The molecule has 0 bridgehead atoms. The molecule has 0 aliphatic rings. The van der Waals surface area contributed by atoms with Gasteiger partial charge in [0.2, 0.25) is 0 Å². The van der Waals surface area contributed by atoms with Crippen molar-refractivity contribution in [2.45, 2.75) is 26.4 Å². The van der Waals surface area contributed by atoms with E-state index in [1.165, 1.54) is 12.4 Å². The number of carbonyl (C=O) groups excluding carboxylic acids is 1. The van der Waals surface area contributed by atoms with Crippen LogP contribution < -0.4 is 5.32 Å². The second-order valence-electron chi connectivity index (χ2n) is 4.03. The van der Waals surface area contributed by atoms with Crippen molar-refractivity contribution < 1.29 is 9.90 Å². The van der Waals surface area contributed by atoms with Crippen molar-refractivity contribution in [1.82, 2.24) is 15.5 Å². The molecule has 88 valence electrons. The third kappa shape index (κ3) is 4.35. The van der Waals surface area contributed by atoms with Crippen LogP contribution in [0.2, 0.25) is 0 Å². The molecule has 0 fully saturated rings. The highest BCUT2D eigenvalue weighted by atomic mass is 16.3. The first-order valence-corrected chi connectivity index (χ1v) is 5.32. The van der Waals surface area contributed by atoms with Gasteiger partial charge in [-0.1, -0.05) is 6.92 Å². The van der Waals surface area contributed by atoms with Gasteiger partial charge >= 0.3 is 0 Å². The van der Waals surface area contributed by atoms with Crippen LogP contribution in [-0.2, 0) is 0 Å². The first kappa shape index (κ1) is 12.6. The Hall–Kier alpha value is -1.49. The summed E-state index contributed by atoms with van der Waals surface area (Å²) in [4.78, 5) is 11.6. The quantitative estimate of drug-likeness (QED) is 0.767. The predicted molar refractivity (Wildman–Crippen MR) is 59.8 cm³/mol. The lowest BCUT2D eigenvalue weighted by atomic mass is 10.0. The van der Waals surface area contributed by atoms with E-state index in [1.807, 2.05) is 6.92 Å². The minimum atomic E-state index is -0.338. The molecular weight excluding hydrogens is 206 g/mol. The van der Waals surface area contributed by atoms with Crippen LogP contribution in [-0.4, -0.2) is 33.9 Å². The summed E-state index contributed by atoms with van der Waals surface area (Å²) in [6, 6.07) is 1.61. The first-order valence-electron chi connectivity index (χ1n) is 5.32. The fourth-order valence-electron chi connectivity index (χ4n) is 1.46. The molecule has 0 spiro atoms. The van der Waals surface area contributed by atoms with E-state index in [0.717, 1.165) is 0 Å². The number of aromatic nitrogens is 2. The molecule has 1 heterocycles. The van der Waals surface area contributed by atoms with Gasteiger partial charge in [0.05, 0.1) is 24.1 Å². The number of nitrogens with zero attached hydrogens (tertiary/aromatic N) is 2. The van der Waals surface area contributed by atoms with Gasteiger partial charge in [0, 0.05) is 6.54 Å². The summed E-state index contributed by atoms with van der Waals surface area (Å²) < 4.78 is 0. The summed E-state index contributed by atoms with van der Waals surface area (Å²) in [5.41, 5.74) is 0.499. The largest absolute Gasteiger partial charge is 0.393 e. The van der Waals surface area contributed by atoms with Crippen molar-refractivity contribution in [2.75, 3.05) is 6.54 Å². The van der Waals surface area contributed by atoms with Crippen molar-refractivity contribution in [3.63, 3.8) is 0 Å². The Morgan fingerprint density at radius 2 is 2.25 bits per heavy atom. The maximum atomic E-state index is 11.6. The van der Waals surface area contributed by atoms with E-state index in [2.05, 4.69) is 15.5 Å². The minimum Gasteiger partial charge on any atom is -0.393 e. The third-order valence-electron chi connectivity index (χ3n) is 2.20. The van der Waals surface area contributed by atoms with Gasteiger partial charge in [-0.05, 0) is 25.3 Å². The van der Waals surface area contributed by atoms with Crippen LogP contribution >= 0.6 is 0 Å². The number of aliphatic hydroxyl groups excluding tert-OH is 1. The molecule has 5 nitrogen and oxygen atoms in total. The topological polar surface area (TPSA) is 75.1 Å². The molecule has 16 heavy (non-hydrogen) atoms. The van der Waals surface area contributed by atoms with Crippen LogP contribution in [0.3, 0.4) is 0 Å². The number of carbonyl (C=O) groups is 1. The summed E-state index contributed by atoms with van der Waals surface area (Å²) in [6.07, 6.45) is 3.24. The summed E-state index contributed by atoms with van der Waals surface area (Å²) in [6.45, 7) is 4.27. The van der Waals surface area contributed by atoms with Crippen LogP contribution in [0.15, 0.2) is 18.5 Å². The SMILES string of the molecule is CC(O)CC(C)CNC(=O)c1ccnnc1. The molecule has 2 atom stereocenters. The van der Waals surface area contributed by atoms with Crippen molar-refractivity contribution in [3.8, 4) is 0 Å². The monoisotopic (exact) mass is 223 g/mol. The lowest BCUT2D eigenvalue weighted by molar-refractivity contribution is 0.0939. The third-order valence-corrected chi connectivity index (χ3v) is 2.20. The predicted octanol–water partition coefficient (Wildman–Crippen LogP) is 0.613. The van der Waals surface area contributed by atoms with Gasteiger partial charge in [0.25, 0.3) is 5.91 Å². The molecule has 0 saturated carbocycles. The number of hydrogen-bond donors (Lipinski definition) is 2. The maximum absolute atomic E-state index is 11.6. The average Bonchev–Trinajstić information content (AvgIpc) is 2.26. The van der Waals surface area contributed by atoms with E-state index >= 15 is 0 Å². The van der Waals surface area contributed by atoms with E-state index < -0.39 is 0 Å². The Labute approximate surface area is 94.9 Å². The van der Waals surface area contributed by atoms with Crippen LogP contribution in [0.25, 0.3) is 0 Å². The molecule has 0 saturated heterocycles. The zero-order valence-electron chi connectivity index (χ0n) is 9.55. The molecule has 5 heteroatoms. The molecular formula is C11H17N3O2. The Balaban J connectivity index is 2.36. The van der Waals surface area contributed by atoms with Gasteiger partial charge < -0.3 is 10.4 Å². The summed E-state index contributed by atoms with van der Waals surface area (Å²) >= 11 is 0. The van der Waals surface area contributed by atoms with Crippen LogP contribution in [0, 0.1) is 5.92 Å². The number of amides is 1. The van der Waals surface area contributed by atoms with Gasteiger partial charge in [-0.15, -0.1) is 0 Å². The lowest BCUT2D eigenvalue weighted by Gasteiger charge is -2.13. The molecule has 1 aromatic heterocycles. The normalized spacial score (nSPS) is 14.2.